The number of amides is 3. The Morgan fingerprint density at radius 1 is 0.973 bits per heavy atom. The van der Waals surface area contributed by atoms with Gasteiger partial charge in [-0.3, -0.25) is 24.3 Å². The standard InChI is InChI=1S/C28H40N4O5/c1-19(2)16-23(32(29-13-8-9-14-29)26(34)21-10-6-5-7-11-21)27(35)30-15-12-22-25(30)24(33)17-31(22)28(36)37-18-20(3)4/h5-7,10-11,19-20,22-23,25H,8-9,12-18H2,1-4H3. The molecule has 3 saturated heterocycles. The molecule has 0 aliphatic carbocycles. The second-order valence-electron chi connectivity index (χ2n) is 11.2. The van der Waals surface area contributed by atoms with E-state index >= 15 is 0 Å². The van der Waals surface area contributed by atoms with Crippen molar-refractivity contribution in [3.05, 3.63) is 35.9 Å². The Balaban J connectivity index is 1.60. The normalized spacial score (nSPS) is 22.6. The van der Waals surface area contributed by atoms with Crippen LogP contribution in [0.4, 0.5) is 4.79 Å². The predicted octanol–water partition coefficient (Wildman–Crippen LogP) is 3.20. The van der Waals surface area contributed by atoms with Gasteiger partial charge in [-0.1, -0.05) is 45.9 Å². The van der Waals surface area contributed by atoms with Crippen LogP contribution < -0.4 is 0 Å². The smallest absolute Gasteiger partial charge is 0.410 e. The van der Waals surface area contributed by atoms with E-state index in [1.54, 1.807) is 22.0 Å². The number of ether oxygens (including phenoxy) is 1. The molecule has 3 aliphatic heterocycles. The van der Waals surface area contributed by atoms with E-state index in [4.69, 9.17) is 4.74 Å². The third kappa shape index (κ3) is 5.81. The van der Waals surface area contributed by atoms with Crippen LogP contribution in [0.25, 0.3) is 0 Å². The highest BCUT2D eigenvalue weighted by molar-refractivity contribution is 6.00. The van der Waals surface area contributed by atoms with Crippen molar-refractivity contribution in [3.63, 3.8) is 0 Å². The van der Waals surface area contributed by atoms with Crippen LogP contribution in [-0.2, 0) is 14.3 Å². The maximum atomic E-state index is 14.2. The summed E-state index contributed by atoms with van der Waals surface area (Å²) in [4.78, 5) is 57.0. The Hall–Kier alpha value is -2.94. The Kier molecular flexibility index (Phi) is 8.52. The lowest BCUT2D eigenvalue weighted by molar-refractivity contribution is -0.146. The molecule has 0 aromatic heterocycles. The van der Waals surface area contributed by atoms with E-state index in [2.05, 4.69) is 0 Å². The van der Waals surface area contributed by atoms with Crippen LogP contribution in [0.5, 0.6) is 0 Å². The zero-order valence-corrected chi connectivity index (χ0v) is 22.5. The van der Waals surface area contributed by atoms with Gasteiger partial charge in [0.25, 0.3) is 5.91 Å². The average Bonchev–Trinajstić information content (AvgIpc) is 3.61. The number of hydrogen-bond donors (Lipinski definition) is 0. The fourth-order valence-corrected chi connectivity index (χ4v) is 5.68. The van der Waals surface area contributed by atoms with Crippen LogP contribution in [0, 0.1) is 11.8 Å². The van der Waals surface area contributed by atoms with Gasteiger partial charge in [-0.25, -0.2) is 9.80 Å². The molecule has 9 nitrogen and oxygen atoms in total. The zero-order valence-electron chi connectivity index (χ0n) is 22.5. The summed E-state index contributed by atoms with van der Waals surface area (Å²) in [5, 5.41) is 3.66. The number of benzene rings is 1. The molecule has 3 aliphatic rings. The first-order valence-electron chi connectivity index (χ1n) is 13.6. The molecular weight excluding hydrogens is 472 g/mol. The van der Waals surface area contributed by atoms with E-state index in [0.717, 1.165) is 12.8 Å². The van der Waals surface area contributed by atoms with Gasteiger partial charge in [-0.05, 0) is 49.7 Å². The molecule has 0 N–H and O–H groups in total. The molecule has 4 rings (SSSR count). The lowest BCUT2D eigenvalue weighted by Gasteiger charge is -2.40. The van der Waals surface area contributed by atoms with Gasteiger partial charge in [0.05, 0.1) is 19.2 Å². The maximum absolute atomic E-state index is 14.2. The third-order valence-corrected chi connectivity index (χ3v) is 7.37. The van der Waals surface area contributed by atoms with Gasteiger partial charge in [0, 0.05) is 25.2 Å². The van der Waals surface area contributed by atoms with Crippen LogP contribution in [0.15, 0.2) is 30.3 Å². The maximum Gasteiger partial charge on any atom is 0.410 e. The van der Waals surface area contributed by atoms with Gasteiger partial charge in [0.1, 0.15) is 12.1 Å². The van der Waals surface area contributed by atoms with Crippen LogP contribution in [0.3, 0.4) is 0 Å². The predicted molar refractivity (Wildman–Crippen MR) is 138 cm³/mol. The topological polar surface area (TPSA) is 90.5 Å². The highest BCUT2D eigenvalue weighted by Crippen LogP contribution is 2.33. The molecule has 3 amide bonds. The van der Waals surface area contributed by atoms with Gasteiger partial charge in [-0.2, -0.15) is 0 Å². The van der Waals surface area contributed by atoms with Crippen LogP contribution in [0.2, 0.25) is 0 Å². The fraction of sp³-hybridized carbons (Fsp3) is 0.643. The van der Waals surface area contributed by atoms with Crippen LogP contribution in [0.1, 0.15) is 63.7 Å². The molecule has 0 saturated carbocycles. The molecule has 0 spiro atoms. The number of carbonyl (C=O) groups is 4. The molecule has 3 atom stereocenters. The van der Waals surface area contributed by atoms with Crippen molar-refractivity contribution in [1.82, 2.24) is 19.8 Å². The fourth-order valence-electron chi connectivity index (χ4n) is 5.68. The number of carbonyl (C=O) groups excluding carboxylic acids is 4. The summed E-state index contributed by atoms with van der Waals surface area (Å²) >= 11 is 0. The second-order valence-corrected chi connectivity index (χ2v) is 11.2. The number of likely N-dealkylation sites (tertiary alicyclic amines) is 2. The van der Waals surface area contributed by atoms with Gasteiger partial charge in [0.2, 0.25) is 5.91 Å². The van der Waals surface area contributed by atoms with E-state index in [1.165, 1.54) is 4.90 Å². The van der Waals surface area contributed by atoms with Crippen molar-refractivity contribution in [2.24, 2.45) is 11.8 Å². The summed E-state index contributed by atoms with van der Waals surface area (Å²) in [5.41, 5.74) is 0.534. The summed E-state index contributed by atoms with van der Waals surface area (Å²) in [5.74, 6) is -0.224. The van der Waals surface area contributed by atoms with Gasteiger partial charge in [0.15, 0.2) is 5.78 Å². The first kappa shape index (κ1) is 27.1. The quantitative estimate of drug-likeness (QED) is 0.531. The number of ketones is 1. The summed E-state index contributed by atoms with van der Waals surface area (Å²) < 4.78 is 5.40. The van der Waals surface area contributed by atoms with E-state index in [0.29, 0.717) is 38.0 Å². The minimum absolute atomic E-state index is 0.0519. The Morgan fingerprint density at radius 3 is 2.27 bits per heavy atom. The molecule has 3 fully saturated rings. The Bertz CT molecular complexity index is 992. The Labute approximate surface area is 219 Å². The number of Topliss-reactive ketones (excluding diaryl/α,β-unsaturated/α-hetero) is 1. The van der Waals surface area contributed by atoms with E-state index < -0.39 is 18.2 Å². The Morgan fingerprint density at radius 2 is 1.65 bits per heavy atom. The first-order chi connectivity index (χ1) is 17.7. The second kappa shape index (κ2) is 11.6. The van der Waals surface area contributed by atoms with Crippen molar-refractivity contribution in [2.75, 3.05) is 32.8 Å². The van der Waals surface area contributed by atoms with Crippen molar-refractivity contribution in [3.8, 4) is 0 Å². The largest absolute Gasteiger partial charge is 0.449 e. The average molecular weight is 513 g/mol. The molecule has 37 heavy (non-hydrogen) atoms. The zero-order chi connectivity index (χ0) is 26.7. The number of nitrogens with zero attached hydrogens (tertiary/aromatic N) is 4. The van der Waals surface area contributed by atoms with Crippen molar-refractivity contribution >= 4 is 23.7 Å². The monoisotopic (exact) mass is 512 g/mol. The lowest BCUT2D eigenvalue weighted by Crippen LogP contribution is -2.59. The molecule has 3 unspecified atom stereocenters. The molecule has 1 aromatic rings. The minimum atomic E-state index is -0.723. The summed E-state index contributed by atoms with van der Waals surface area (Å²) in [6.45, 7) is 10.0. The van der Waals surface area contributed by atoms with E-state index in [1.807, 2.05) is 50.9 Å². The summed E-state index contributed by atoms with van der Waals surface area (Å²) in [7, 11) is 0. The van der Waals surface area contributed by atoms with Gasteiger partial charge in [-0.15, -0.1) is 0 Å². The summed E-state index contributed by atoms with van der Waals surface area (Å²) in [6, 6.07) is 7.25. The highest BCUT2D eigenvalue weighted by Gasteiger charge is 2.53. The van der Waals surface area contributed by atoms with Crippen molar-refractivity contribution in [2.45, 2.75) is 71.5 Å². The number of hydrazine groups is 1. The summed E-state index contributed by atoms with van der Waals surface area (Å²) in [6.07, 6.45) is 2.42. The molecule has 3 heterocycles. The molecule has 202 valence electrons. The van der Waals surface area contributed by atoms with Crippen LogP contribution >= 0.6 is 0 Å². The van der Waals surface area contributed by atoms with Gasteiger partial charge < -0.3 is 9.64 Å². The lowest BCUT2D eigenvalue weighted by atomic mass is 10.00. The molecule has 0 radical (unpaired) electrons. The van der Waals surface area contributed by atoms with Gasteiger partial charge >= 0.3 is 6.09 Å². The van der Waals surface area contributed by atoms with Crippen molar-refractivity contribution in [1.29, 1.82) is 0 Å². The number of fused-ring (bicyclic) bond motifs is 1. The SMILES string of the molecule is CC(C)COC(=O)N1CC(=O)C2C1CCN2C(=O)C(CC(C)C)N(C(=O)c1ccccc1)N1CCCC1. The molecular formula is C28H40N4O5. The van der Waals surface area contributed by atoms with Crippen molar-refractivity contribution < 1.29 is 23.9 Å². The number of rotatable bonds is 8. The minimum Gasteiger partial charge on any atom is -0.449 e. The van der Waals surface area contributed by atoms with E-state index in [-0.39, 0.29) is 48.6 Å². The molecule has 0 bridgehead atoms. The van der Waals surface area contributed by atoms with E-state index in [9.17, 15) is 19.2 Å². The highest BCUT2D eigenvalue weighted by atomic mass is 16.6. The first-order valence-corrected chi connectivity index (χ1v) is 13.6. The molecule has 9 heteroatoms. The molecule has 1 aromatic carbocycles. The number of hydrogen-bond acceptors (Lipinski definition) is 6. The van der Waals surface area contributed by atoms with Crippen LogP contribution in [-0.4, -0.2) is 94.4 Å². The third-order valence-electron chi connectivity index (χ3n) is 7.37.